The average molecular weight is 298 g/mol. The van der Waals surface area contributed by atoms with E-state index < -0.39 is 0 Å². The van der Waals surface area contributed by atoms with E-state index in [1.165, 1.54) is 0 Å². The lowest BCUT2D eigenvalue weighted by Crippen LogP contribution is -2.38. The standard InChI is InChI=1S/C14H20ClN3O2/c1-16-13-7-10(6-12(15)18-13)14(20)17-11-4-2-9(8-19)3-5-11/h6-7,9,11,19H,2-5,8H2,1H3,(H,16,18)(H,17,20). The van der Waals surface area contributed by atoms with E-state index in [1.54, 1.807) is 19.2 Å². The van der Waals surface area contributed by atoms with E-state index in [0.29, 0.717) is 22.5 Å². The van der Waals surface area contributed by atoms with Crippen LogP contribution in [0.15, 0.2) is 12.1 Å². The number of amides is 1. The predicted molar refractivity (Wildman–Crippen MR) is 79.1 cm³/mol. The molecule has 0 saturated heterocycles. The van der Waals surface area contributed by atoms with E-state index in [0.717, 1.165) is 25.7 Å². The molecule has 6 heteroatoms. The molecule has 3 N–H and O–H groups in total. The number of halogens is 1. The highest BCUT2D eigenvalue weighted by Crippen LogP contribution is 2.24. The summed E-state index contributed by atoms with van der Waals surface area (Å²) in [5, 5.41) is 15.3. The van der Waals surface area contributed by atoms with Gasteiger partial charge in [-0.1, -0.05) is 11.6 Å². The van der Waals surface area contributed by atoms with Gasteiger partial charge in [0.2, 0.25) is 0 Å². The Bertz CT molecular complexity index is 473. The number of pyridine rings is 1. The first-order valence-corrected chi connectivity index (χ1v) is 7.27. The Labute approximate surface area is 123 Å². The van der Waals surface area contributed by atoms with Crippen molar-refractivity contribution in [1.82, 2.24) is 10.3 Å². The molecule has 2 rings (SSSR count). The maximum absolute atomic E-state index is 12.2. The summed E-state index contributed by atoms with van der Waals surface area (Å²) in [5.41, 5.74) is 0.513. The van der Waals surface area contributed by atoms with Crippen LogP contribution in [0.4, 0.5) is 5.82 Å². The van der Waals surface area contributed by atoms with Crippen LogP contribution >= 0.6 is 11.6 Å². The first kappa shape index (κ1) is 15.1. The monoisotopic (exact) mass is 297 g/mol. The van der Waals surface area contributed by atoms with Gasteiger partial charge in [-0.25, -0.2) is 4.98 Å². The van der Waals surface area contributed by atoms with Crippen LogP contribution in [0, 0.1) is 5.92 Å². The number of nitrogens with zero attached hydrogens (tertiary/aromatic N) is 1. The maximum atomic E-state index is 12.2. The summed E-state index contributed by atoms with van der Waals surface area (Å²) in [6, 6.07) is 3.42. The van der Waals surface area contributed by atoms with Gasteiger partial charge >= 0.3 is 0 Å². The molecule has 0 radical (unpaired) electrons. The smallest absolute Gasteiger partial charge is 0.251 e. The van der Waals surface area contributed by atoms with Crippen LogP contribution in [0.3, 0.4) is 0 Å². The zero-order valence-electron chi connectivity index (χ0n) is 11.5. The van der Waals surface area contributed by atoms with E-state index in [2.05, 4.69) is 15.6 Å². The molecule has 5 nitrogen and oxygen atoms in total. The quantitative estimate of drug-likeness (QED) is 0.744. The van der Waals surface area contributed by atoms with Gasteiger partial charge in [-0.3, -0.25) is 4.79 Å². The normalized spacial score (nSPS) is 22.4. The molecule has 1 amide bonds. The molecule has 110 valence electrons. The number of aliphatic hydroxyl groups is 1. The lowest BCUT2D eigenvalue weighted by molar-refractivity contribution is 0.0914. The number of rotatable bonds is 4. The van der Waals surface area contributed by atoms with Gasteiger partial charge in [-0.05, 0) is 43.7 Å². The zero-order valence-corrected chi connectivity index (χ0v) is 12.3. The molecule has 0 aromatic carbocycles. The van der Waals surface area contributed by atoms with Crippen molar-refractivity contribution in [2.45, 2.75) is 31.7 Å². The van der Waals surface area contributed by atoms with Gasteiger partial charge in [0.1, 0.15) is 11.0 Å². The SMILES string of the molecule is CNc1cc(C(=O)NC2CCC(CO)CC2)cc(Cl)n1. The molecule has 1 saturated carbocycles. The Morgan fingerprint density at radius 3 is 2.70 bits per heavy atom. The molecule has 1 aliphatic carbocycles. The third-order valence-electron chi connectivity index (χ3n) is 3.75. The van der Waals surface area contributed by atoms with Crippen molar-refractivity contribution in [3.63, 3.8) is 0 Å². The van der Waals surface area contributed by atoms with Crippen LogP contribution in [-0.4, -0.2) is 35.7 Å². The van der Waals surface area contributed by atoms with Gasteiger partial charge in [-0.15, -0.1) is 0 Å². The fourth-order valence-corrected chi connectivity index (χ4v) is 2.72. The van der Waals surface area contributed by atoms with Crippen molar-refractivity contribution in [2.75, 3.05) is 19.0 Å². The molecule has 1 aliphatic rings. The number of anilines is 1. The fraction of sp³-hybridized carbons (Fsp3) is 0.571. The molecule has 1 fully saturated rings. The van der Waals surface area contributed by atoms with Gasteiger partial charge in [0, 0.05) is 25.3 Å². The van der Waals surface area contributed by atoms with Gasteiger partial charge in [-0.2, -0.15) is 0 Å². The number of aliphatic hydroxyl groups excluding tert-OH is 1. The molecule has 0 unspecified atom stereocenters. The Morgan fingerprint density at radius 1 is 1.40 bits per heavy atom. The molecule has 20 heavy (non-hydrogen) atoms. The predicted octanol–water partition coefficient (Wildman–Crippen LogP) is 2.06. The second-order valence-electron chi connectivity index (χ2n) is 5.19. The van der Waals surface area contributed by atoms with Gasteiger partial charge in [0.15, 0.2) is 0 Å². The molecular formula is C14H20ClN3O2. The minimum atomic E-state index is -0.127. The maximum Gasteiger partial charge on any atom is 0.251 e. The molecule has 1 aromatic rings. The summed E-state index contributed by atoms with van der Waals surface area (Å²) < 4.78 is 0. The van der Waals surface area contributed by atoms with E-state index in [1.807, 2.05) is 0 Å². The Kier molecular flexibility index (Phi) is 5.20. The van der Waals surface area contributed by atoms with E-state index >= 15 is 0 Å². The molecule has 0 aliphatic heterocycles. The molecular weight excluding hydrogens is 278 g/mol. The van der Waals surface area contributed by atoms with Crippen molar-refractivity contribution in [1.29, 1.82) is 0 Å². The first-order valence-electron chi connectivity index (χ1n) is 6.89. The van der Waals surface area contributed by atoms with Crippen molar-refractivity contribution in [3.05, 3.63) is 22.8 Å². The first-order chi connectivity index (χ1) is 9.62. The number of carbonyl (C=O) groups is 1. The third-order valence-corrected chi connectivity index (χ3v) is 3.95. The van der Waals surface area contributed by atoms with Crippen molar-refractivity contribution >= 4 is 23.3 Å². The van der Waals surface area contributed by atoms with Crippen LogP contribution in [0.1, 0.15) is 36.0 Å². The summed E-state index contributed by atoms with van der Waals surface area (Å²) in [4.78, 5) is 16.3. The van der Waals surface area contributed by atoms with Crippen LogP contribution in [0.25, 0.3) is 0 Å². The summed E-state index contributed by atoms with van der Waals surface area (Å²) in [6.45, 7) is 0.242. The topological polar surface area (TPSA) is 74.2 Å². The number of nitrogens with one attached hydrogen (secondary N) is 2. The molecule has 1 aromatic heterocycles. The summed E-state index contributed by atoms with van der Waals surface area (Å²) >= 11 is 5.89. The van der Waals surface area contributed by atoms with Gasteiger partial charge in [0.05, 0.1) is 0 Å². The number of aromatic nitrogens is 1. The zero-order chi connectivity index (χ0) is 14.5. The van der Waals surface area contributed by atoms with Crippen LogP contribution in [-0.2, 0) is 0 Å². The summed E-state index contributed by atoms with van der Waals surface area (Å²) in [7, 11) is 1.73. The molecule has 0 atom stereocenters. The van der Waals surface area contributed by atoms with Crippen molar-refractivity contribution in [3.8, 4) is 0 Å². The number of carbonyl (C=O) groups excluding carboxylic acids is 1. The van der Waals surface area contributed by atoms with Crippen molar-refractivity contribution in [2.24, 2.45) is 5.92 Å². The lowest BCUT2D eigenvalue weighted by atomic mass is 9.86. The second kappa shape index (κ2) is 6.90. The van der Waals surface area contributed by atoms with E-state index in [-0.39, 0.29) is 18.6 Å². The van der Waals surface area contributed by atoms with Crippen molar-refractivity contribution < 1.29 is 9.90 Å². The second-order valence-corrected chi connectivity index (χ2v) is 5.57. The third kappa shape index (κ3) is 3.84. The molecule has 0 bridgehead atoms. The highest BCUT2D eigenvalue weighted by Gasteiger charge is 2.22. The largest absolute Gasteiger partial charge is 0.396 e. The summed E-state index contributed by atoms with van der Waals surface area (Å²) in [5.74, 6) is 0.833. The Morgan fingerprint density at radius 2 is 2.10 bits per heavy atom. The fourth-order valence-electron chi connectivity index (χ4n) is 2.51. The van der Waals surface area contributed by atoms with Gasteiger partial charge < -0.3 is 15.7 Å². The molecule has 1 heterocycles. The van der Waals surface area contributed by atoms with Crippen LogP contribution in [0.5, 0.6) is 0 Å². The van der Waals surface area contributed by atoms with E-state index in [9.17, 15) is 4.79 Å². The summed E-state index contributed by atoms with van der Waals surface area (Å²) in [6.07, 6.45) is 3.74. The minimum Gasteiger partial charge on any atom is -0.396 e. The highest BCUT2D eigenvalue weighted by molar-refractivity contribution is 6.29. The van der Waals surface area contributed by atoms with Crippen LogP contribution < -0.4 is 10.6 Å². The highest BCUT2D eigenvalue weighted by atomic mass is 35.5. The van der Waals surface area contributed by atoms with E-state index in [4.69, 9.17) is 16.7 Å². The molecule has 0 spiro atoms. The Hall–Kier alpha value is -1.33. The lowest BCUT2D eigenvalue weighted by Gasteiger charge is -2.28. The Balaban J connectivity index is 1.97. The minimum absolute atomic E-state index is 0.127. The van der Waals surface area contributed by atoms with Gasteiger partial charge in [0.25, 0.3) is 5.91 Å². The van der Waals surface area contributed by atoms with Crippen LogP contribution in [0.2, 0.25) is 5.15 Å². The average Bonchev–Trinajstić information content (AvgIpc) is 2.47. The number of hydrogen-bond acceptors (Lipinski definition) is 4. The number of hydrogen-bond donors (Lipinski definition) is 3.